The first-order chi connectivity index (χ1) is 9.24. The summed E-state index contributed by atoms with van der Waals surface area (Å²) in [6.45, 7) is 3.09. The first-order valence-corrected chi connectivity index (χ1v) is 6.17. The fourth-order valence-electron chi connectivity index (χ4n) is 1.79. The molecule has 1 heterocycles. The number of benzene rings is 1. The number of aromatic nitrogens is 2. The van der Waals surface area contributed by atoms with E-state index in [1.807, 2.05) is 31.2 Å². The average Bonchev–Trinajstić information content (AvgIpc) is 2.46. The number of ether oxygens (including phenoxy) is 1. The van der Waals surface area contributed by atoms with Crippen LogP contribution in [0.4, 0.5) is 5.82 Å². The van der Waals surface area contributed by atoms with E-state index in [4.69, 9.17) is 4.74 Å². The summed E-state index contributed by atoms with van der Waals surface area (Å²) in [4.78, 5) is 16.0. The maximum atomic E-state index is 12.0. The first-order valence-electron chi connectivity index (χ1n) is 6.17. The van der Waals surface area contributed by atoms with Gasteiger partial charge in [-0.15, -0.1) is 0 Å². The normalized spacial score (nSPS) is 10.2. The number of nitrogens with zero attached hydrogens (tertiary/aromatic N) is 2. The highest BCUT2D eigenvalue weighted by atomic mass is 16.5. The number of hydrogen-bond donors (Lipinski definition) is 1. The van der Waals surface area contributed by atoms with Crippen LogP contribution >= 0.6 is 0 Å². The summed E-state index contributed by atoms with van der Waals surface area (Å²) in [6.07, 6.45) is 3.30. The van der Waals surface area contributed by atoms with E-state index in [-0.39, 0.29) is 5.56 Å². The Morgan fingerprint density at radius 2 is 2.26 bits per heavy atom. The fourth-order valence-corrected chi connectivity index (χ4v) is 1.79. The van der Waals surface area contributed by atoms with Gasteiger partial charge < -0.3 is 14.6 Å². The molecule has 2 rings (SSSR count). The third kappa shape index (κ3) is 3.13. The van der Waals surface area contributed by atoms with Crippen molar-refractivity contribution < 1.29 is 4.74 Å². The van der Waals surface area contributed by atoms with Crippen LogP contribution in [-0.4, -0.2) is 16.7 Å². The molecule has 0 bridgehead atoms. The Bertz CT molecular complexity index is 608. The van der Waals surface area contributed by atoms with Gasteiger partial charge in [-0.3, -0.25) is 4.79 Å². The Morgan fingerprint density at radius 3 is 3.00 bits per heavy atom. The molecular weight excluding hydrogens is 242 g/mol. The maximum absolute atomic E-state index is 12.0. The van der Waals surface area contributed by atoms with Crippen LogP contribution in [-0.2, 0) is 13.1 Å². The van der Waals surface area contributed by atoms with Gasteiger partial charge in [0.25, 0.3) is 5.56 Å². The molecular formula is C14H17N3O2. The molecule has 0 aliphatic carbocycles. The molecule has 1 aromatic carbocycles. The average molecular weight is 259 g/mol. The minimum Gasteiger partial charge on any atom is -0.497 e. The van der Waals surface area contributed by atoms with Crippen molar-refractivity contribution >= 4 is 5.82 Å². The lowest BCUT2D eigenvalue weighted by atomic mass is 10.2. The van der Waals surface area contributed by atoms with Crippen LogP contribution in [0.3, 0.4) is 0 Å². The van der Waals surface area contributed by atoms with Crippen molar-refractivity contribution in [1.29, 1.82) is 0 Å². The summed E-state index contributed by atoms with van der Waals surface area (Å²) in [5, 5.41) is 3.06. The summed E-state index contributed by atoms with van der Waals surface area (Å²) in [6, 6.07) is 7.69. The second-order valence-corrected chi connectivity index (χ2v) is 4.07. The van der Waals surface area contributed by atoms with Crippen molar-refractivity contribution in [3.05, 3.63) is 52.6 Å². The van der Waals surface area contributed by atoms with E-state index in [0.717, 1.165) is 11.3 Å². The van der Waals surface area contributed by atoms with E-state index in [0.29, 0.717) is 18.9 Å². The zero-order valence-electron chi connectivity index (χ0n) is 11.1. The molecule has 0 unspecified atom stereocenters. The lowest BCUT2D eigenvalue weighted by Gasteiger charge is -2.08. The van der Waals surface area contributed by atoms with Crippen LogP contribution < -0.4 is 15.6 Å². The van der Waals surface area contributed by atoms with E-state index in [9.17, 15) is 4.79 Å². The van der Waals surface area contributed by atoms with Crippen molar-refractivity contribution in [2.24, 2.45) is 0 Å². The van der Waals surface area contributed by atoms with Crippen LogP contribution in [0.2, 0.25) is 0 Å². The second-order valence-electron chi connectivity index (χ2n) is 4.07. The predicted octanol–water partition coefficient (Wildman–Crippen LogP) is 1.88. The molecule has 0 saturated carbocycles. The molecule has 0 saturated heterocycles. The SMILES string of the molecule is CCn1ccnc(NCc2cccc(OC)c2)c1=O. The highest BCUT2D eigenvalue weighted by Gasteiger charge is 2.03. The van der Waals surface area contributed by atoms with Crippen molar-refractivity contribution in [2.45, 2.75) is 20.0 Å². The largest absolute Gasteiger partial charge is 0.497 e. The predicted molar refractivity (Wildman–Crippen MR) is 74.5 cm³/mol. The van der Waals surface area contributed by atoms with E-state index >= 15 is 0 Å². The van der Waals surface area contributed by atoms with Crippen LogP contribution in [0.15, 0.2) is 41.5 Å². The number of aryl methyl sites for hydroxylation is 1. The smallest absolute Gasteiger partial charge is 0.293 e. The molecule has 0 amide bonds. The van der Waals surface area contributed by atoms with Crippen LogP contribution in [0.25, 0.3) is 0 Å². The first kappa shape index (κ1) is 13.1. The molecule has 2 aromatic rings. The molecule has 5 heteroatoms. The summed E-state index contributed by atoms with van der Waals surface area (Å²) < 4.78 is 6.77. The van der Waals surface area contributed by atoms with E-state index in [1.165, 1.54) is 0 Å². The molecule has 0 aliphatic heterocycles. The van der Waals surface area contributed by atoms with Gasteiger partial charge in [0.1, 0.15) is 5.75 Å². The molecule has 1 aromatic heterocycles. The van der Waals surface area contributed by atoms with Crippen molar-refractivity contribution in [3.8, 4) is 5.75 Å². The van der Waals surface area contributed by atoms with Gasteiger partial charge in [0.2, 0.25) is 0 Å². The number of anilines is 1. The Balaban J connectivity index is 2.12. The monoisotopic (exact) mass is 259 g/mol. The van der Waals surface area contributed by atoms with Gasteiger partial charge in [0.15, 0.2) is 5.82 Å². The van der Waals surface area contributed by atoms with Crippen molar-refractivity contribution in [1.82, 2.24) is 9.55 Å². The van der Waals surface area contributed by atoms with Crippen molar-refractivity contribution in [3.63, 3.8) is 0 Å². The summed E-state index contributed by atoms with van der Waals surface area (Å²) in [5.74, 6) is 1.17. The van der Waals surface area contributed by atoms with Gasteiger partial charge in [0, 0.05) is 25.5 Å². The Hall–Kier alpha value is -2.30. The van der Waals surface area contributed by atoms with E-state index in [1.54, 1.807) is 24.1 Å². The quantitative estimate of drug-likeness (QED) is 0.890. The van der Waals surface area contributed by atoms with Crippen LogP contribution in [0.1, 0.15) is 12.5 Å². The summed E-state index contributed by atoms with van der Waals surface area (Å²) >= 11 is 0. The molecule has 1 N–H and O–H groups in total. The molecule has 19 heavy (non-hydrogen) atoms. The van der Waals surface area contributed by atoms with E-state index < -0.39 is 0 Å². The van der Waals surface area contributed by atoms with Gasteiger partial charge in [-0.2, -0.15) is 0 Å². The molecule has 0 spiro atoms. The molecule has 100 valence electrons. The van der Waals surface area contributed by atoms with Gasteiger partial charge in [-0.1, -0.05) is 12.1 Å². The summed E-state index contributed by atoms with van der Waals surface area (Å²) in [7, 11) is 1.63. The van der Waals surface area contributed by atoms with Gasteiger partial charge in [-0.25, -0.2) is 4.98 Å². The van der Waals surface area contributed by atoms with Crippen LogP contribution in [0.5, 0.6) is 5.75 Å². The summed E-state index contributed by atoms with van der Waals surface area (Å²) in [5.41, 5.74) is 0.931. The minimum absolute atomic E-state index is 0.104. The number of hydrogen-bond acceptors (Lipinski definition) is 4. The highest BCUT2D eigenvalue weighted by molar-refractivity contribution is 5.35. The Morgan fingerprint density at radius 1 is 1.42 bits per heavy atom. The minimum atomic E-state index is -0.104. The molecule has 0 radical (unpaired) electrons. The third-order valence-corrected chi connectivity index (χ3v) is 2.85. The Labute approximate surface area is 111 Å². The third-order valence-electron chi connectivity index (χ3n) is 2.85. The topological polar surface area (TPSA) is 56.1 Å². The van der Waals surface area contributed by atoms with Crippen LogP contribution in [0, 0.1) is 0 Å². The number of rotatable bonds is 5. The van der Waals surface area contributed by atoms with Gasteiger partial charge in [-0.05, 0) is 24.6 Å². The molecule has 0 fully saturated rings. The van der Waals surface area contributed by atoms with Gasteiger partial charge >= 0.3 is 0 Å². The maximum Gasteiger partial charge on any atom is 0.293 e. The molecule has 0 aliphatic rings. The second kappa shape index (κ2) is 6.04. The van der Waals surface area contributed by atoms with E-state index in [2.05, 4.69) is 10.3 Å². The van der Waals surface area contributed by atoms with Crippen molar-refractivity contribution in [2.75, 3.05) is 12.4 Å². The standard InChI is InChI=1S/C14H17N3O2/c1-3-17-8-7-15-13(14(17)18)16-10-11-5-4-6-12(9-11)19-2/h4-9H,3,10H2,1-2H3,(H,15,16). The molecule has 5 nitrogen and oxygen atoms in total. The zero-order chi connectivity index (χ0) is 13.7. The fraction of sp³-hybridized carbons (Fsp3) is 0.286. The highest BCUT2D eigenvalue weighted by Crippen LogP contribution is 2.13. The number of methoxy groups -OCH3 is 1. The Kier molecular flexibility index (Phi) is 4.18. The van der Waals surface area contributed by atoms with Gasteiger partial charge in [0.05, 0.1) is 7.11 Å². The molecule has 0 atom stereocenters. The lowest BCUT2D eigenvalue weighted by Crippen LogP contribution is -2.23. The zero-order valence-corrected chi connectivity index (χ0v) is 11.1. The number of nitrogens with one attached hydrogen (secondary N) is 1. The lowest BCUT2D eigenvalue weighted by molar-refractivity contribution is 0.414.